The highest BCUT2D eigenvalue weighted by Crippen LogP contribution is 2.27. The first-order chi connectivity index (χ1) is 10.1. The second-order valence-electron chi connectivity index (χ2n) is 4.64. The summed E-state index contributed by atoms with van der Waals surface area (Å²) in [6.07, 6.45) is 0.187. The van der Waals surface area contributed by atoms with Gasteiger partial charge in [-0.05, 0) is 35.9 Å². The Hall–Kier alpha value is -2.60. The average Bonchev–Trinajstić information content (AvgIpc) is 2.79. The largest absolute Gasteiger partial charge is 0.508 e. The molecule has 0 fully saturated rings. The van der Waals surface area contributed by atoms with Crippen molar-refractivity contribution < 1.29 is 9.90 Å². The van der Waals surface area contributed by atoms with Crippen molar-refractivity contribution in [3.05, 3.63) is 48.0 Å². The molecule has 0 radical (unpaired) electrons. The molecule has 3 rings (SSSR count). The first-order valence-electron chi connectivity index (χ1n) is 6.34. The summed E-state index contributed by atoms with van der Waals surface area (Å²) in [6, 6.07) is 12.1. The van der Waals surface area contributed by atoms with E-state index in [9.17, 15) is 9.90 Å². The molecule has 3 aromatic rings. The molecule has 0 atom stereocenters. The number of nitrogens with two attached hydrogens (primary N) is 1. The lowest BCUT2D eigenvalue weighted by molar-refractivity contribution is -0.115. The van der Waals surface area contributed by atoms with Crippen LogP contribution in [0.1, 0.15) is 5.56 Å². The molecule has 0 aliphatic rings. The van der Waals surface area contributed by atoms with E-state index in [4.69, 9.17) is 5.73 Å². The lowest BCUT2D eigenvalue weighted by Gasteiger charge is -2.02. The Morgan fingerprint density at radius 3 is 2.95 bits per heavy atom. The highest BCUT2D eigenvalue weighted by atomic mass is 32.1. The molecule has 6 heteroatoms. The Morgan fingerprint density at radius 1 is 1.29 bits per heavy atom. The zero-order chi connectivity index (χ0) is 14.8. The number of aromatic hydroxyl groups is 1. The summed E-state index contributed by atoms with van der Waals surface area (Å²) in [5.74, 6) is -0.0246. The van der Waals surface area contributed by atoms with E-state index in [1.165, 1.54) is 11.3 Å². The van der Waals surface area contributed by atoms with Crippen LogP contribution in [0.2, 0.25) is 0 Å². The van der Waals surface area contributed by atoms with Crippen molar-refractivity contribution in [2.24, 2.45) is 0 Å². The Labute approximate surface area is 125 Å². The van der Waals surface area contributed by atoms with Gasteiger partial charge in [0.25, 0.3) is 0 Å². The first kappa shape index (κ1) is 13.4. The van der Waals surface area contributed by atoms with E-state index in [0.717, 1.165) is 15.8 Å². The number of rotatable bonds is 3. The van der Waals surface area contributed by atoms with Gasteiger partial charge in [0.05, 0.1) is 16.6 Å². The number of nitrogen functional groups attached to an aromatic ring is 1. The number of carbonyl (C=O) groups is 1. The lowest BCUT2D eigenvalue weighted by atomic mass is 10.1. The summed E-state index contributed by atoms with van der Waals surface area (Å²) >= 11 is 1.38. The van der Waals surface area contributed by atoms with Gasteiger partial charge >= 0.3 is 0 Å². The van der Waals surface area contributed by atoms with Gasteiger partial charge in [-0.15, -0.1) is 0 Å². The molecule has 106 valence electrons. The molecule has 21 heavy (non-hydrogen) atoms. The number of anilines is 2. The van der Waals surface area contributed by atoms with Crippen molar-refractivity contribution >= 4 is 38.3 Å². The zero-order valence-electron chi connectivity index (χ0n) is 11.0. The van der Waals surface area contributed by atoms with Gasteiger partial charge in [-0.25, -0.2) is 4.98 Å². The second kappa shape index (κ2) is 5.41. The third-order valence-electron chi connectivity index (χ3n) is 2.93. The van der Waals surface area contributed by atoms with Crippen LogP contribution in [-0.4, -0.2) is 16.0 Å². The Balaban J connectivity index is 1.74. The molecule has 0 aliphatic carbocycles. The van der Waals surface area contributed by atoms with E-state index in [1.807, 2.05) is 12.1 Å². The van der Waals surface area contributed by atoms with Gasteiger partial charge in [-0.1, -0.05) is 23.5 Å². The molecule has 0 bridgehead atoms. The molecule has 0 aliphatic heterocycles. The minimum absolute atomic E-state index is 0.149. The van der Waals surface area contributed by atoms with Gasteiger partial charge in [-0.2, -0.15) is 0 Å². The third kappa shape index (κ3) is 3.11. The number of amides is 1. The molecule has 4 N–H and O–H groups in total. The van der Waals surface area contributed by atoms with Crippen LogP contribution in [0.4, 0.5) is 10.8 Å². The van der Waals surface area contributed by atoms with Crippen LogP contribution in [0.15, 0.2) is 42.5 Å². The average molecular weight is 299 g/mol. The molecule has 0 spiro atoms. The normalized spacial score (nSPS) is 10.7. The van der Waals surface area contributed by atoms with Gasteiger partial charge in [0.15, 0.2) is 5.13 Å². The quantitative estimate of drug-likeness (QED) is 0.649. The summed E-state index contributed by atoms with van der Waals surface area (Å²) in [5.41, 5.74) is 7.94. The lowest BCUT2D eigenvalue weighted by Crippen LogP contribution is -2.14. The van der Waals surface area contributed by atoms with Gasteiger partial charge in [-0.3, -0.25) is 4.79 Å². The number of nitrogens with one attached hydrogen (secondary N) is 1. The summed E-state index contributed by atoms with van der Waals surface area (Å²) < 4.78 is 0.933. The molecule has 1 aromatic heterocycles. The molecule has 0 unspecified atom stereocenters. The number of aromatic nitrogens is 1. The minimum Gasteiger partial charge on any atom is -0.508 e. The zero-order valence-corrected chi connectivity index (χ0v) is 11.9. The van der Waals surface area contributed by atoms with E-state index in [-0.39, 0.29) is 18.1 Å². The number of benzene rings is 2. The number of nitrogens with zero attached hydrogens (tertiary/aromatic N) is 1. The van der Waals surface area contributed by atoms with Crippen molar-refractivity contribution in [3.8, 4) is 5.75 Å². The maximum Gasteiger partial charge on any atom is 0.230 e. The van der Waals surface area contributed by atoms with Crippen molar-refractivity contribution in [1.82, 2.24) is 4.98 Å². The number of carbonyl (C=O) groups excluding carboxylic acids is 1. The third-order valence-corrected chi connectivity index (χ3v) is 3.87. The smallest absolute Gasteiger partial charge is 0.230 e. The van der Waals surface area contributed by atoms with Crippen LogP contribution in [-0.2, 0) is 11.2 Å². The molecule has 0 saturated heterocycles. The predicted molar refractivity (Wildman–Crippen MR) is 84.5 cm³/mol. The molecule has 2 aromatic carbocycles. The number of thiazole rings is 1. The number of hydrogen-bond acceptors (Lipinski definition) is 5. The SMILES string of the molecule is Nc1ccc2nc(NC(=O)Cc3cccc(O)c3)sc2c1. The second-order valence-corrected chi connectivity index (χ2v) is 5.67. The van der Waals surface area contributed by atoms with Crippen LogP contribution in [0.3, 0.4) is 0 Å². The highest BCUT2D eigenvalue weighted by Gasteiger charge is 2.09. The Bertz CT molecular complexity index is 814. The van der Waals surface area contributed by atoms with Crippen molar-refractivity contribution in [2.45, 2.75) is 6.42 Å². The van der Waals surface area contributed by atoms with E-state index in [0.29, 0.717) is 10.8 Å². The van der Waals surface area contributed by atoms with E-state index < -0.39 is 0 Å². The maximum atomic E-state index is 12.0. The van der Waals surface area contributed by atoms with Crippen LogP contribution in [0.25, 0.3) is 10.2 Å². The van der Waals surface area contributed by atoms with Crippen LogP contribution in [0, 0.1) is 0 Å². The predicted octanol–water partition coefficient (Wildman–Crippen LogP) is 2.77. The minimum atomic E-state index is -0.173. The van der Waals surface area contributed by atoms with Gasteiger partial charge < -0.3 is 16.2 Å². The first-order valence-corrected chi connectivity index (χ1v) is 7.15. The van der Waals surface area contributed by atoms with Crippen molar-refractivity contribution in [3.63, 3.8) is 0 Å². The fourth-order valence-electron chi connectivity index (χ4n) is 2.01. The number of hydrogen-bond donors (Lipinski definition) is 3. The van der Waals surface area contributed by atoms with Crippen LogP contribution < -0.4 is 11.1 Å². The summed E-state index contributed by atoms with van der Waals surface area (Å²) in [6.45, 7) is 0. The molecule has 5 nitrogen and oxygen atoms in total. The van der Waals surface area contributed by atoms with Gasteiger partial charge in [0.2, 0.25) is 5.91 Å². The monoisotopic (exact) mass is 299 g/mol. The summed E-state index contributed by atoms with van der Waals surface area (Å²) in [4.78, 5) is 16.3. The molecular weight excluding hydrogens is 286 g/mol. The Morgan fingerprint density at radius 2 is 2.14 bits per heavy atom. The van der Waals surface area contributed by atoms with Crippen molar-refractivity contribution in [1.29, 1.82) is 0 Å². The van der Waals surface area contributed by atoms with Crippen LogP contribution in [0.5, 0.6) is 5.75 Å². The van der Waals surface area contributed by atoms with Gasteiger partial charge in [0, 0.05) is 5.69 Å². The molecule has 1 amide bonds. The molecular formula is C15H13N3O2S. The number of fused-ring (bicyclic) bond motifs is 1. The standard InChI is InChI=1S/C15H13N3O2S/c16-10-4-5-12-13(8-10)21-15(17-12)18-14(20)7-9-2-1-3-11(19)6-9/h1-6,8,19H,7,16H2,(H,17,18,20). The number of phenols is 1. The van der Waals surface area contributed by atoms with E-state index in [2.05, 4.69) is 10.3 Å². The highest BCUT2D eigenvalue weighted by molar-refractivity contribution is 7.22. The van der Waals surface area contributed by atoms with E-state index >= 15 is 0 Å². The Kier molecular flexibility index (Phi) is 3.45. The maximum absolute atomic E-state index is 12.0. The number of phenolic OH excluding ortho intramolecular Hbond substituents is 1. The van der Waals surface area contributed by atoms with Crippen molar-refractivity contribution in [2.75, 3.05) is 11.1 Å². The fraction of sp³-hybridized carbons (Fsp3) is 0.0667. The van der Waals surface area contributed by atoms with E-state index in [1.54, 1.807) is 30.3 Å². The summed E-state index contributed by atoms with van der Waals surface area (Å²) in [5, 5.41) is 12.7. The topological polar surface area (TPSA) is 88.2 Å². The van der Waals surface area contributed by atoms with Gasteiger partial charge in [0.1, 0.15) is 5.75 Å². The fourth-order valence-corrected chi connectivity index (χ4v) is 2.94. The molecule has 1 heterocycles. The summed E-state index contributed by atoms with van der Waals surface area (Å²) in [7, 11) is 0. The van der Waals surface area contributed by atoms with Crippen LogP contribution >= 0.6 is 11.3 Å². The molecule has 0 saturated carbocycles.